The van der Waals surface area contributed by atoms with E-state index in [1.807, 2.05) is 0 Å². The van der Waals surface area contributed by atoms with Crippen molar-refractivity contribution in [2.24, 2.45) is 5.92 Å². The van der Waals surface area contributed by atoms with Crippen LogP contribution >= 0.6 is 23.4 Å². The summed E-state index contributed by atoms with van der Waals surface area (Å²) in [6.45, 7) is 0.453. The second-order valence-electron chi connectivity index (χ2n) is 7.54. The van der Waals surface area contributed by atoms with E-state index in [9.17, 15) is 19.1 Å². The number of methoxy groups -OCH3 is 1. The summed E-state index contributed by atoms with van der Waals surface area (Å²) in [4.78, 5) is 32.7. The predicted octanol–water partition coefficient (Wildman–Crippen LogP) is 3.61. The van der Waals surface area contributed by atoms with Crippen LogP contribution < -0.4 is 5.32 Å². The summed E-state index contributed by atoms with van der Waals surface area (Å²) in [5.74, 6) is 5.09. The lowest BCUT2D eigenvalue weighted by Gasteiger charge is -2.37. The molecule has 0 spiro atoms. The number of carboxylic acid groups (broad SMARTS) is 1. The second-order valence-corrected chi connectivity index (χ2v) is 8.70. The van der Waals surface area contributed by atoms with E-state index >= 15 is 0 Å². The van der Waals surface area contributed by atoms with E-state index in [2.05, 4.69) is 31.9 Å². The normalized spacial score (nSPS) is 21.0. The Labute approximate surface area is 192 Å². The number of rotatable bonds is 5. The Hall–Kier alpha value is -2.77. The number of nitrogens with zero attached hydrogens (tertiary/aromatic N) is 3. The van der Waals surface area contributed by atoms with E-state index in [0.29, 0.717) is 28.2 Å². The minimum Gasteiger partial charge on any atom is -0.469 e. The van der Waals surface area contributed by atoms with Crippen LogP contribution in [0.3, 0.4) is 0 Å². The molecular formula is C21H20ClFN4O4S. The van der Waals surface area contributed by atoms with Crippen molar-refractivity contribution in [2.45, 2.75) is 36.4 Å². The minimum absolute atomic E-state index is 0.0683. The van der Waals surface area contributed by atoms with Crippen molar-refractivity contribution in [3.63, 3.8) is 0 Å². The molecule has 5 rings (SSSR count). The van der Waals surface area contributed by atoms with Crippen molar-refractivity contribution in [1.29, 1.82) is 0 Å². The molecule has 2 aromatic heterocycles. The number of carbonyl (C=O) groups is 2. The van der Waals surface area contributed by atoms with Crippen LogP contribution in [0.4, 0.5) is 14.9 Å². The van der Waals surface area contributed by atoms with Crippen molar-refractivity contribution in [3.8, 4) is 11.8 Å². The van der Waals surface area contributed by atoms with Gasteiger partial charge in [0.15, 0.2) is 11.0 Å². The predicted molar refractivity (Wildman–Crippen MR) is 118 cm³/mol. The highest BCUT2D eigenvalue weighted by molar-refractivity contribution is 7.98. The highest BCUT2D eigenvalue weighted by Gasteiger charge is 2.54. The van der Waals surface area contributed by atoms with Gasteiger partial charge in [0.25, 0.3) is 0 Å². The fourth-order valence-corrected chi connectivity index (χ4v) is 4.88. The molecule has 3 unspecified atom stereocenters. The molecule has 0 radical (unpaired) electrons. The monoisotopic (exact) mass is 478 g/mol. The number of hydrogen-bond acceptors (Lipinski definition) is 7. The number of thioether (sulfide) groups is 1. The highest BCUT2D eigenvalue weighted by Crippen LogP contribution is 2.44. The van der Waals surface area contributed by atoms with Gasteiger partial charge in [-0.1, -0.05) is 23.4 Å². The Balaban J connectivity index is 1.77. The van der Waals surface area contributed by atoms with Crippen LogP contribution in [0.15, 0.2) is 11.2 Å². The first-order valence-electron chi connectivity index (χ1n) is 9.89. The maximum Gasteiger partial charge on any atom is 0.407 e. The summed E-state index contributed by atoms with van der Waals surface area (Å²) in [5, 5.41) is 13.5. The zero-order chi connectivity index (χ0) is 23.0. The van der Waals surface area contributed by atoms with Crippen LogP contribution in [0.25, 0.3) is 10.9 Å². The molecule has 11 heteroatoms. The number of pyridine rings is 2. The molecule has 32 heavy (non-hydrogen) atoms. The van der Waals surface area contributed by atoms with E-state index in [1.54, 1.807) is 6.26 Å². The second kappa shape index (κ2) is 9.00. The Morgan fingerprint density at radius 2 is 2.28 bits per heavy atom. The number of ether oxygens (including phenoxy) is 1. The van der Waals surface area contributed by atoms with E-state index in [1.165, 1.54) is 30.0 Å². The number of fused-ring (bicyclic) bond motifs is 2. The zero-order valence-electron chi connectivity index (χ0n) is 17.3. The van der Waals surface area contributed by atoms with Crippen LogP contribution in [-0.4, -0.2) is 64.0 Å². The van der Waals surface area contributed by atoms with Gasteiger partial charge < -0.3 is 20.1 Å². The average Bonchev–Trinajstić information content (AvgIpc) is 3.38. The van der Waals surface area contributed by atoms with E-state index in [-0.39, 0.29) is 47.5 Å². The third-order valence-corrected chi connectivity index (χ3v) is 6.79. The molecular weight excluding hydrogens is 459 g/mol. The third-order valence-electron chi connectivity index (χ3n) is 5.84. The Morgan fingerprint density at radius 3 is 2.94 bits per heavy atom. The minimum atomic E-state index is -0.950. The van der Waals surface area contributed by atoms with E-state index < -0.39 is 11.9 Å². The first kappa shape index (κ1) is 22.4. The molecule has 2 aromatic rings. The van der Waals surface area contributed by atoms with Gasteiger partial charge in [-0.3, -0.25) is 4.79 Å². The topological polar surface area (TPSA) is 105 Å². The lowest BCUT2D eigenvalue weighted by Crippen LogP contribution is -2.49. The van der Waals surface area contributed by atoms with Crippen molar-refractivity contribution >= 4 is 52.0 Å². The van der Waals surface area contributed by atoms with Gasteiger partial charge in [-0.05, 0) is 12.7 Å². The van der Waals surface area contributed by atoms with E-state index in [4.69, 9.17) is 11.6 Å². The molecule has 2 bridgehead atoms. The van der Waals surface area contributed by atoms with Gasteiger partial charge in [0.1, 0.15) is 10.5 Å². The van der Waals surface area contributed by atoms with Crippen molar-refractivity contribution in [2.75, 3.05) is 25.2 Å². The van der Waals surface area contributed by atoms with Gasteiger partial charge in [-0.25, -0.2) is 19.2 Å². The number of amides is 1. The molecule has 3 aliphatic rings. The summed E-state index contributed by atoms with van der Waals surface area (Å²) in [5.41, 5.74) is 1.16. The molecule has 1 saturated carbocycles. The summed E-state index contributed by atoms with van der Waals surface area (Å²) in [6.07, 6.45) is 3.50. The average molecular weight is 479 g/mol. The fraction of sp³-hybridized carbons (Fsp3) is 0.429. The molecule has 2 aliphatic heterocycles. The first-order valence-corrected chi connectivity index (χ1v) is 11.5. The van der Waals surface area contributed by atoms with Gasteiger partial charge in [-0.2, -0.15) is 0 Å². The highest BCUT2D eigenvalue weighted by atomic mass is 35.5. The van der Waals surface area contributed by atoms with Gasteiger partial charge in [0, 0.05) is 30.5 Å². The number of hydrogen-bond donors (Lipinski definition) is 2. The molecule has 0 aromatic carbocycles. The number of halogens is 2. The number of carbonyl (C=O) groups excluding carboxylic acids is 1. The van der Waals surface area contributed by atoms with Gasteiger partial charge in [-0.15, -0.1) is 11.8 Å². The number of anilines is 1. The largest absolute Gasteiger partial charge is 0.469 e. The van der Waals surface area contributed by atoms with E-state index in [0.717, 1.165) is 6.42 Å². The van der Waals surface area contributed by atoms with Crippen molar-refractivity contribution < 1.29 is 23.8 Å². The van der Waals surface area contributed by atoms with Crippen LogP contribution in [0.1, 0.15) is 24.8 Å². The maximum absolute atomic E-state index is 14.8. The Kier molecular flexibility index (Phi) is 6.31. The fourth-order valence-electron chi connectivity index (χ4n) is 4.20. The quantitative estimate of drug-likeness (QED) is 0.290. The summed E-state index contributed by atoms with van der Waals surface area (Å²) >= 11 is 7.18. The number of aromatic nitrogens is 2. The van der Waals surface area contributed by atoms with Gasteiger partial charge >= 0.3 is 12.1 Å². The Bertz CT molecular complexity index is 1170. The smallest absolute Gasteiger partial charge is 0.407 e. The molecule has 4 heterocycles. The van der Waals surface area contributed by atoms with Crippen LogP contribution in [0.5, 0.6) is 0 Å². The maximum atomic E-state index is 14.8. The van der Waals surface area contributed by atoms with Gasteiger partial charge in [0.2, 0.25) is 0 Å². The summed E-state index contributed by atoms with van der Waals surface area (Å²) in [7, 11) is 1.32. The van der Waals surface area contributed by atoms with Crippen LogP contribution in [-0.2, 0) is 9.53 Å². The lowest BCUT2D eigenvalue weighted by molar-refractivity contribution is -0.140. The molecule has 3 fully saturated rings. The first-order chi connectivity index (χ1) is 15.3. The lowest BCUT2D eigenvalue weighted by atomic mass is 9.79. The SMILES string of the molecule is COC(=O)CCC#Cc1c(SC)nc2c(F)c(Cl)ncc2c1NC1C2CC1N(C(=O)O)C2. The van der Waals surface area contributed by atoms with Crippen LogP contribution in [0.2, 0.25) is 5.15 Å². The molecule has 1 aliphatic carbocycles. The van der Waals surface area contributed by atoms with Crippen molar-refractivity contribution in [3.05, 3.63) is 22.7 Å². The Morgan fingerprint density at radius 1 is 1.50 bits per heavy atom. The number of nitrogens with one attached hydrogen (secondary N) is 1. The third kappa shape index (κ3) is 3.91. The molecule has 8 nitrogen and oxygen atoms in total. The summed E-state index contributed by atoms with van der Waals surface area (Å²) in [6, 6.07) is -0.288. The number of esters is 1. The standard InChI is InChI=1S/C21H20ClFN4O4S/c1-31-14(28)6-4-3-5-11-17(25-16-10-7-13(16)27(9-10)21(29)30)12-8-24-19(22)15(23)18(12)26-20(11)32-2/h8,10,13,16H,4,6-7,9H2,1-2H3,(H,25,26)(H,29,30). The summed E-state index contributed by atoms with van der Waals surface area (Å²) < 4.78 is 19.4. The van der Waals surface area contributed by atoms with Gasteiger partial charge in [0.05, 0.1) is 36.9 Å². The zero-order valence-corrected chi connectivity index (χ0v) is 18.9. The van der Waals surface area contributed by atoms with Crippen molar-refractivity contribution in [1.82, 2.24) is 14.9 Å². The molecule has 168 valence electrons. The van der Waals surface area contributed by atoms with Crippen LogP contribution in [0, 0.1) is 23.6 Å². The molecule has 2 saturated heterocycles. The molecule has 3 atom stereocenters. The molecule has 1 amide bonds. The molecule has 2 N–H and O–H groups in total.